The zero-order valence-corrected chi connectivity index (χ0v) is 7.96. The molecule has 0 heterocycles. The Morgan fingerprint density at radius 3 is 2.83 bits per heavy atom. The van der Waals surface area contributed by atoms with Gasteiger partial charge in [0.25, 0.3) is 0 Å². The van der Waals surface area contributed by atoms with Gasteiger partial charge in [-0.25, -0.2) is 0 Å². The first-order chi connectivity index (χ1) is 5.58. The molecule has 0 aromatic heterocycles. The van der Waals surface area contributed by atoms with Crippen LogP contribution in [0.15, 0.2) is 12.2 Å². The molecule has 12 heavy (non-hydrogen) atoms. The smallest absolute Gasteiger partial charge is 0.311 e. The molecule has 0 saturated heterocycles. The van der Waals surface area contributed by atoms with E-state index in [4.69, 9.17) is 4.74 Å². The Morgan fingerprint density at radius 1 is 1.67 bits per heavy atom. The Hall–Kier alpha value is -0.790. The molecule has 0 radical (unpaired) electrons. The van der Waals surface area contributed by atoms with E-state index in [1.807, 2.05) is 6.92 Å². The lowest BCUT2D eigenvalue weighted by atomic mass is 9.75. The first-order valence-corrected chi connectivity index (χ1v) is 4.33. The molecule has 0 aromatic carbocycles. The largest absolute Gasteiger partial charge is 0.469 e. The van der Waals surface area contributed by atoms with Gasteiger partial charge in [-0.1, -0.05) is 19.1 Å². The quantitative estimate of drug-likeness (QED) is 0.443. The fourth-order valence-corrected chi connectivity index (χ4v) is 1.84. The molecule has 0 aromatic rings. The molecule has 1 aliphatic carbocycles. The topological polar surface area (TPSA) is 26.3 Å². The molecule has 2 nitrogen and oxygen atoms in total. The predicted molar refractivity (Wildman–Crippen MR) is 47.7 cm³/mol. The average Bonchev–Trinajstić information content (AvgIpc) is 2.02. The summed E-state index contributed by atoms with van der Waals surface area (Å²) in [5.41, 5.74) is -0.289. The summed E-state index contributed by atoms with van der Waals surface area (Å²) in [5, 5.41) is 0. The minimum atomic E-state index is -0.289. The lowest BCUT2D eigenvalue weighted by molar-refractivity contribution is -0.152. The Kier molecular flexibility index (Phi) is 2.55. The molecule has 1 aliphatic rings. The van der Waals surface area contributed by atoms with Gasteiger partial charge in [-0.2, -0.15) is 0 Å². The van der Waals surface area contributed by atoms with E-state index in [0.717, 1.165) is 12.8 Å². The van der Waals surface area contributed by atoms with Crippen LogP contribution in [-0.4, -0.2) is 13.1 Å². The Balaban J connectivity index is 2.72. The maximum atomic E-state index is 11.4. The van der Waals surface area contributed by atoms with Crippen molar-refractivity contribution in [2.45, 2.75) is 26.7 Å². The molecular weight excluding hydrogens is 152 g/mol. The summed E-state index contributed by atoms with van der Waals surface area (Å²) >= 11 is 0. The molecule has 2 heteroatoms. The minimum absolute atomic E-state index is 0.0845. The first kappa shape index (κ1) is 9.30. The molecule has 0 bridgehead atoms. The maximum absolute atomic E-state index is 11.4. The van der Waals surface area contributed by atoms with Crippen LogP contribution in [0.4, 0.5) is 0 Å². The third kappa shape index (κ3) is 1.68. The third-order valence-electron chi connectivity index (χ3n) is 2.48. The Bertz CT molecular complexity index is 208. The maximum Gasteiger partial charge on any atom is 0.311 e. The molecule has 0 saturated carbocycles. The van der Waals surface area contributed by atoms with Crippen LogP contribution in [0.25, 0.3) is 0 Å². The van der Waals surface area contributed by atoms with Crippen LogP contribution in [0, 0.1) is 11.3 Å². The van der Waals surface area contributed by atoms with Crippen LogP contribution in [0.5, 0.6) is 0 Å². The van der Waals surface area contributed by atoms with E-state index in [1.54, 1.807) is 0 Å². The Labute approximate surface area is 73.6 Å². The monoisotopic (exact) mass is 168 g/mol. The van der Waals surface area contributed by atoms with Gasteiger partial charge in [0, 0.05) is 0 Å². The van der Waals surface area contributed by atoms with Crippen LogP contribution in [0.3, 0.4) is 0 Å². The summed E-state index contributed by atoms with van der Waals surface area (Å²) in [4.78, 5) is 11.4. The summed E-state index contributed by atoms with van der Waals surface area (Å²) in [6, 6.07) is 0. The molecule has 0 spiro atoms. The van der Waals surface area contributed by atoms with Gasteiger partial charge in [0.05, 0.1) is 12.5 Å². The van der Waals surface area contributed by atoms with E-state index < -0.39 is 0 Å². The first-order valence-electron chi connectivity index (χ1n) is 4.33. The van der Waals surface area contributed by atoms with Crippen LogP contribution in [-0.2, 0) is 9.53 Å². The zero-order chi connectivity index (χ0) is 9.19. The van der Waals surface area contributed by atoms with Crippen LogP contribution in [0.2, 0.25) is 0 Å². The standard InChI is InChI=1S/C10H16O2/c1-8-5-4-6-10(2,7-8)9(11)12-3/h4-5,8H,6-7H2,1-3H3/t8-,10-/m1/s1. The molecule has 1 rings (SSSR count). The summed E-state index contributed by atoms with van der Waals surface area (Å²) in [6.07, 6.45) is 5.94. The van der Waals surface area contributed by atoms with Crippen molar-refractivity contribution in [1.29, 1.82) is 0 Å². The number of methoxy groups -OCH3 is 1. The summed E-state index contributed by atoms with van der Waals surface area (Å²) < 4.78 is 4.77. The molecule has 0 unspecified atom stereocenters. The van der Waals surface area contributed by atoms with E-state index in [2.05, 4.69) is 19.1 Å². The van der Waals surface area contributed by atoms with E-state index in [0.29, 0.717) is 5.92 Å². The van der Waals surface area contributed by atoms with Crippen molar-refractivity contribution in [3.05, 3.63) is 12.2 Å². The molecule has 68 valence electrons. The molecule has 2 atom stereocenters. The predicted octanol–water partition coefficient (Wildman–Crippen LogP) is 2.15. The highest BCUT2D eigenvalue weighted by Crippen LogP contribution is 2.35. The second kappa shape index (κ2) is 3.30. The van der Waals surface area contributed by atoms with E-state index in [1.165, 1.54) is 7.11 Å². The highest BCUT2D eigenvalue weighted by Gasteiger charge is 2.35. The van der Waals surface area contributed by atoms with Crippen molar-refractivity contribution < 1.29 is 9.53 Å². The summed E-state index contributed by atoms with van der Waals surface area (Å²) in [7, 11) is 1.45. The van der Waals surface area contributed by atoms with Crippen molar-refractivity contribution in [3.8, 4) is 0 Å². The Morgan fingerprint density at radius 2 is 2.33 bits per heavy atom. The highest BCUT2D eigenvalue weighted by atomic mass is 16.5. The van der Waals surface area contributed by atoms with Crippen molar-refractivity contribution in [2.75, 3.05) is 7.11 Å². The van der Waals surface area contributed by atoms with Crippen LogP contribution < -0.4 is 0 Å². The van der Waals surface area contributed by atoms with Crippen LogP contribution in [0.1, 0.15) is 26.7 Å². The number of esters is 1. The van der Waals surface area contributed by atoms with Crippen molar-refractivity contribution in [2.24, 2.45) is 11.3 Å². The van der Waals surface area contributed by atoms with Gasteiger partial charge >= 0.3 is 5.97 Å². The van der Waals surface area contributed by atoms with E-state index in [9.17, 15) is 4.79 Å². The van der Waals surface area contributed by atoms with Gasteiger partial charge in [0.1, 0.15) is 0 Å². The van der Waals surface area contributed by atoms with E-state index >= 15 is 0 Å². The van der Waals surface area contributed by atoms with Crippen molar-refractivity contribution in [1.82, 2.24) is 0 Å². The third-order valence-corrected chi connectivity index (χ3v) is 2.48. The van der Waals surface area contributed by atoms with Gasteiger partial charge in [0.2, 0.25) is 0 Å². The van der Waals surface area contributed by atoms with Crippen molar-refractivity contribution >= 4 is 5.97 Å². The molecule has 0 amide bonds. The number of carbonyl (C=O) groups is 1. The lowest BCUT2D eigenvalue weighted by Crippen LogP contribution is -2.32. The van der Waals surface area contributed by atoms with E-state index in [-0.39, 0.29) is 11.4 Å². The molecule has 0 fully saturated rings. The van der Waals surface area contributed by atoms with Gasteiger partial charge < -0.3 is 4.74 Å². The number of rotatable bonds is 1. The second-order valence-electron chi connectivity index (χ2n) is 3.87. The van der Waals surface area contributed by atoms with Gasteiger partial charge in [0.15, 0.2) is 0 Å². The molecule has 0 aliphatic heterocycles. The van der Waals surface area contributed by atoms with Crippen LogP contribution >= 0.6 is 0 Å². The minimum Gasteiger partial charge on any atom is -0.469 e. The summed E-state index contributed by atoms with van der Waals surface area (Å²) in [5.74, 6) is 0.404. The molecule has 0 N–H and O–H groups in total. The number of carbonyl (C=O) groups excluding carboxylic acids is 1. The van der Waals surface area contributed by atoms with Gasteiger partial charge in [-0.15, -0.1) is 0 Å². The fraction of sp³-hybridized carbons (Fsp3) is 0.700. The SMILES string of the molecule is COC(=O)[C@]1(C)CC=C[C@@H](C)C1. The number of hydrogen-bond donors (Lipinski definition) is 0. The number of allylic oxidation sites excluding steroid dienone is 2. The molecular formula is C10H16O2. The second-order valence-corrected chi connectivity index (χ2v) is 3.87. The van der Waals surface area contributed by atoms with Crippen molar-refractivity contribution in [3.63, 3.8) is 0 Å². The van der Waals surface area contributed by atoms with Gasteiger partial charge in [-0.05, 0) is 25.7 Å². The highest BCUT2D eigenvalue weighted by molar-refractivity contribution is 5.76. The number of hydrogen-bond acceptors (Lipinski definition) is 2. The van der Waals surface area contributed by atoms with Gasteiger partial charge in [-0.3, -0.25) is 4.79 Å². The summed E-state index contributed by atoms with van der Waals surface area (Å²) in [6.45, 7) is 4.09. The fourth-order valence-electron chi connectivity index (χ4n) is 1.84. The zero-order valence-electron chi connectivity index (χ0n) is 7.96. The lowest BCUT2D eigenvalue weighted by Gasteiger charge is -2.30. The normalized spacial score (nSPS) is 34.8. The average molecular weight is 168 g/mol. The number of ether oxygens (including phenoxy) is 1.